The maximum absolute atomic E-state index is 12.9. The zero-order chi connectivity index (χ0) is 19.8. The number of hydrogen-bond donors (Lipinski definition) is 1. The van der Waals surface area contributed by atoms with E-state index in [1.807, 2.05) is 18.2 Å². The molecular weight excluding hydrogens is 384 g/mol. The van der Waals surface area contributed by atoms with Crippen LogP contribution in [0.4, 0.5) is 0 Å². The molecule has 0 aliphatic carbocycles. The lowest BCUT2D eigenvalue weighted by molar-refractivity contribution is 0.256. The van der Waals surface area contributed by atoms with Crippen LogP contribution < -0.4 is 5.56 Å². The fourth-order valence-corrected chi connectivity index (χ4v) is 4.14. The topological polar surface area (TPSA) is 53.9 Å². The van der Waals surface area contributed by atoms with Gasteiger partial charge in [-0.25, -0.2) is 4.68 Å². The summed E-state index contributed by atoms with van der Waals surface area (Å²) in [6.45, 7) is 2.77. The summed E-state index contributed by atoms with van der Waals surface area (Å²) < 4.78 is 1.58. The number of nitrogens with zero attached hydrogens (tertiary/aromatic N) is 3. The first-order chi connectivity index (χ1) is 14.2. The first-order valence-electron chi connectivity index (χ1n) is 9.83. The molecule has 0 spiro atoms. The normalized spacial score (nSPS) is 14.2. The molecule has 5 rings (SSSR count). The second-order valence-corrected chi connectivity index (χ2v) is 7.90. The summed E-state index contributed by atoms with van der Waals surface area (Å²) in [5.41, 5.74) is 5.13. The highest BCUT2D eigenvalue weighted by Gasteiger charge is 2.22. The van der Waals surface area contributed by atoms with Crippen LogP contribution in [0.1, 0.15) is 16.8 Å². The Morgan fingerprint density at radius 1 is 1.07 bits per heavy atom. The van der Waals surface area contributed by atoms with E-state index in [1.165, 1.54) is 5.56 Å². The van der Waals surface area contributed by atoms with Crippen molar-refractivity contribution in [2.45, 2.75) is 19.4 Å². The van der Waals surface area contributed by atoms with Gasteiger partial charge in [0.25, 0.3) is 5.56 Å². The standard InChI is InChI=1S/C23H21ClN4O/c24-17-6-8-18(9-7-17)28-23(29)19-14-25-21-11-13-27(15-20(21)22(19)26-28)12-10-16-4-2-1-3-5-16/h1-9,14,26H,10-13,15H2. The zero-order valence-corrected chi connectivity index (χ0v) is 16.7. The number of aromatic amines is 1. The number of hydrogen-bond acceptors (Lipinski definition) is 3. The minimum Gasteiger partial charge on any atom is -0.298 e. The monoisotopic (exact) mass is 404 g/mol. The van der Waals surface area contributed by atoms with Crippen LogP contribution in [0.5, 0.6) is 0 Å². The van der Waals surface area contributed by atoms with Crippen molar-refractivity contribution in [1.82, 2.24) is 19.7 Å². The first kappa shape index (κ1) is 18.2. The quantitative estimate of drug-likeness (QED) is 0.560. The van der Waals surface area contributed by atoms with Crippen molar-refractivity contribution in [3.8, 4) is 5.69 Å². The van der Waals surface area contributed by atoms with Crippen molar-refractivity contribution in [1.29, 1.82) is 0 Å². The van der Waals surface area contributed by atoms with Crippen LogP contribution in [-0.4, -0.2) is 32.8 Å². The van der Waals surface area contributed by atoms with Crippen LogP contribution in [0.3, 0.4) is 0 Å². The molecule has 1 aliphatic rings. The van der Waals surface area contributed by atoms with Crippen molar-refractivity contribution in [2.75, 3.05) is 13.1 Å². The molecule has 0 saturated carbocycles. The molecule has 0 saturated heterocycles. The average molecular weight is 405 g/mol. The Labute approximate surface area is 173 Å². The Morgan fingerprint density at radius 3 is 2.66 bits per heavy atom. The van der Waals surface area contributed by atoms with Gasteiger partial charge in [-0.05, 0) is 36.2 Å². The van der Waals surface area contributed by atoms with Crippen LogP contribution in [0.2, 0.25) is 5.02 Å². The highest BCUT2D eigenvalue weighted by atomic mass is 35.5. The predicted octanol–water partition coefficient (Wildman–Crippen LogP) is 3.97. The van der Waals surface area contributed by atoms with Gasteiger partial charge in [-0.3, -0.25) is 19.8 Å². The molecule has 4 aromatic rings. The Morgan fingerprint density at radius 2 is 1.86 bits per heavy atom. The molecule has 0 bridgehead atoms. The molecule has 0 unspecified atom stereocenters. The lowest BCUT2D eigenvalue weighted by atomic mass is 10.0. The van der Waals surface area contributed by atoms with Gasteiger partial charge < -0.3 is 0 Å². The van der Waals surface area contributed by atoms with Crippen LogP contribution in [0.15, 0.2) is 65.6 Å². The highest BCUT2D eigenvalue weighted by molar-refractivity contribution is 6.30. The van der Waals surface area contributed by atoms with Gasteiger partial charge in [0.1, 0.15) is 0 Å². The van der Waals surface area contributed by atoms with Crippen LogP contribution in [-0.2, 0) is 19.4 Å². The van der Waals surface area contributed by atoms with Crippen molar-refractivity contribution >= 4 is 22.5 Å². The van der Waals surface area contributed by atoms with E-state index in [-0.39, 0.29) is 5.56 Å². The average Bonchev–Trinajstić information content (AvgIpc) is 3.10. The minimum absolute atomic E-state index is 0.0842. The first-order valence-corrected chi connectivity index (χ1v) is 10.2. The molecule has 29 heavy (non-hydrogen) atoms. The predicted molar refractivity (Wildman–Crippen MR) is 116 cm³/mol. The van der Waals surface area contributed by atoms with Crippen LogP contribution in [0.25, 0.3) is 16.6 Å². The summed E-state index contributed by atoms with van der Waals surface area (Å²) in [4.78, 5) is 20.0. The van der Waals surface area contributed by atoms with E-state index in [2.05, 4.69) is 39.2 Å². The molecule has 1 N–H and O–H groups in total. The fourth-order valence-electron chi connectivity index (χ4n) is 4.01. The van der Waals surface area contributed by atoms with E-state index < -0.39 is 0 Å². The third-order valence-electron chi connectivity index (χ3n) is 5.62. The van der Waals surface area contributed by atoms with Crippen molar-refractivity contribution in [3.63, 3.8) is 0 Å². The number of fused-ring (bicyclic) bond motifs is 3. The van der Waals surface area contributed by atoms with Gasteiger partial charge in [-0.1, -0.05) is 41.9 Å². The number of benzene rings is 2. The van der Waals surface area contributed by atoms with Crippen molar-refractivity contribution in [2.24, 2.45) is 0 Å². The number of rotatable bonds is 4. The summed E-state index contributed by atoms with van der Waals surface area (Å²) >= 11 is 5.99. The van der Waals surface area contributed by atoms with E-state index in [9.17, 15) is 4.79 Å². The van der Waals surface area contributed by atoms with Gasteiger partial charge in [0, 0.05) is 48.5 Å². The molecule has 2 aromatic carbocycles. The number of halogens is 1. The second kappa shape index (κ2) is 7.50. The van der Waals surface area contributed by atoms with Crippen molar-refractivity contribution < 1.29 is 0 Å². The SMILES string of the molecule is O=c1c2cnc3c(c2[nH]n1-c1ccc(Cl)cc1)CN(CCc1ccccc1)CC3. The number of aromatic nitrogens is 3. The highest BCUT2D eigenvalue weighted by Crippen LogP contribution is 2.24. The summed E-state index contributed by atoms with van der Waals surface area (Å²) in [5.74, 6) is 0. The lowest BCUT2D eigenvalue weighted by Gasteiger charge is -2.28. The lowest BCUT2D eigenvalue weighted by Crippen LogP contribution is -2.33. The van der Waals surface area contributed by atoms with Crippen molar-refractivity contribution in [3.05, 3.63) is 93.0 Å². The maximum Gasteiger partial charge on any atom is 0.280 e. The molecular formula is C23H21ClN4O. The molecule has 3 heterocycles. The molecule has 0 amide bonds. The molecule has 0 atom stereocenters. The fraction of sp³-hybridized carbons (Fsp3) is 0.217. The molecule has 6 heteroatoms. The summed E-state index contributed by atoms with van der Waals surface area (Å²) in [6, 6.07) is 17.8. The van der Waals surface area contributed by atoms with Gasteiger partial charge in [-0.15, -0.1) is 0 Å². The molecule has 2 aromatic heterocycles. The number of nitrogens with one attached hydrogen (secondary N) is 1. The summed E-state index contributed by atoms with van der Waals surface area (Å²) in [6.07, 6.45) is 3.62. The third-order valence-corrected chi connectivity index (χ3v) is 5.87. The molecule has 0 radical (unpaired) electrons. The Hall–Kier alpha value is -2.89. The molecule has 0 fully saturated rings. The van der Waals surface area contributed by atoms with Gasteiger partial charge in [-0.2, -0.15) is 0 Å². The molecule has 5 nitrogen and oxygen atoms in total. The number of pyridine rings is 1. The summed E-state index contributed by atoms with van der Waals surface area (Å²) in [7, 11) is 0. The smallest absolute Gasteiger partial charge is 0.280 e. The van der Waals surface area contributed by atoms with Gasteiger partial charge in [0.15, 0.2) is 0 Å². The number of H-pyrrole nitrogens is 1. The van der Waals surface area contributed by atoms with Gasteiger partial charge >= 0.3 is 0 Å². The zero-order valence-electron chi connectivity index (χ0n) is 15.9. The van der Waals surface area contributed by atoms with Crippen LogP contribution >= 0.6 is 11.6 Å². The Bertz CT molecular complexity index is 1210. The molecule has 1 aliphatic heterocycles. The van der Waals surface area contributed by atoms with E-state index in [4.69, 9.17) is 11.6 Å². The molecule has 146 valence electrons. The van der Waals surface area contributed by atoms with E-state index >= 15 is 0 Å². The minimum atomic E-state index is -0.0842. The van der Waals surface area contributed by atoms with Gasteiger partial charge in [0.05, 0.1) is 16.6 Å². The maximum atomic E-state index is 12.9. The van der Waals surface area contributed by atoms with Crippen LogP contribution in [0, 0.1) is 0 Å². The Kier molecular flexibility index (Phi) is 4.70. The second-order valence-electron chi connectivity index (χ2n) is 7.46. The van der Waals surface area contributed by atoms with E-state index in [0.29, 0.717) is 10.4 Å². The summed E-state index contributed by atoms with van der Waals surface area (Å²) in [5, 5.41) is 4.59. The Balaban J connectivity index is 1.46. The van der Waals surface area contributed by atoms with E-state index in [0.717, 1.165) is 54.9 Å². The van der Waals surface area contributed by atoms with Gasteiger partial charge in [0.2, 0.25) is 0 Å². The van der Waals surface area contributed by atoms with E-state index in [1.54, 1.807) is 23.0 Å². The third kappa shape index (κ3) is 3.48. The largest absolute Gasteiger partial charge is 0.298 e.